The van der Waals surface area contributed by atoms with E-state index in [-0.39, 0.29) is 5.91 Å². The van der Waals surface area contributed by atoms with Crippen LogP contribution in [0.2, 0.25) is 0 Å². The van der Waals surface area contributed by atoms with Crippen LogP contribution < -0.4 is 5.32 Å². The lowest BCUT2D eigenvalue weighted by molar-refractivity contribution is 0.102. The van der Waals surface area contributed by atoms with Crippen molar-refractivity contribution in [3.05, 3.63) is 46.2 Å². The summed E-state index contributed by atoms with van der Waals surface area (Å²) in [6, 6.07) is 7.95. The second-order valence-electron chi connectivity index (χ2n) is 5.19. The number of nitrogens with one attached hydrogen (secondary N) is 2. The number of halogens is 1. The summed E-state index contributed by atoms with van der Waals surface area (Å²) in [5, 5.41) is 9.51. The summed E-state index contributed by atoms with van der Waals surface area (Å²) in [4.78, 5) is 14.7. The number of carbonyl (C=O) groups excluding carboxylic acids is 1. The second-order valence-corrected chi connectivity index (χ2v) is 6.04. The van der Waals surface area contributed by atoms with E-state index < -0.39 is 0 Å². The van der Waals surface area contributed by atoms with Crippen LogP contribution in [0.5, 0.6) is 0 Å². The van der Waals surface area contributed by atoms with E-state index in [9.17, 15) is 4.79 Å². The predicted molar refractivity (Wildman–Crippen MR) is 85.2 cm³/mol. The van der Waals surface area contributed by atoms with Gasteiger partial charge in [0.2, 0.25) is 0 Å². The first-order valence-corrected chi connectivity index (χ1v) is 7.84. The number of nitrogens with zero attached hydrogens (tertiary/aromatic N) is 2. The highest BCUT2D eigenvalue weighted by Gasteiger charge is 2.16. The molecule has 6 heteroatoms. The van der Waals surface area contributed by atoms with Gasteiger partial charge in [0.05, 0.1) is 10.7 Å². The van der Waals surface area contributed by atoms with Crippen molar-refractivity contribution >= 4 is 27.5 Å². The van der Waals surface area contributed by atoms with Gasteiger partial charge in [0.1, 0.15) is 5.69 Å². The van der Waals surface area contributed by atoms with Gasteiger partial charge in [0.25, 0.3) is 5.91 Å². The molecule has 0 saturated carbocycles. The fourth-order valence-electron chi connectivity index (χ4n) is 2.58. The SMILES string of the molecule is O=C(Nc1ccccc1CN1CCCC1)c1[nH]ncc1Br. The molecule has 2 aromatic rings. The molecule has 0 aliphatic carbocycles. The molecule has 1 amide bonds. The van der Waals surface area contributed by atoms with E-state index in [1.165, 1.54) is 12.8 Å². The highest BCUT2D eigenvalue weighted by Crippen LogP contribution is 2.21. The van der Waals surface area contributed by atoms with Crippen LogP contribution in [-0.2, 0) is 6.54 Å². The number of aromatic amines is 1. The lowest BCUT2D eigenvalue weighted by Gasteiger charge is -2.17. The Morgan fingerprint density at radius 3 is 2.81 bits per heavy atom. The minimum atomic E-state index is -0.187. The molecule has 21 heavy (non-hydrogen) atoms. The maximum absolute atomic E-state index is 12.3. The number of anilines is 1. The molecule has 1 aliphatic heterocycles. The highest BCUT2D eigenvalue weighted by atomic mass is 79.9. The van der Waals surface area contributed by atoms with Crippen molar-refractivity contribution in [2.75, 3.05) is 18.4 Å². The van der Waals surface area contributed by atoms with Crippen LogP contribution in [0.15, 0.2) is 34.9 Å². The number of aromatic nitrogens is 2. The van der Waals surface area contributed by atoms with Crippen LogP contribution >= 0.6 is 15.9 Å². The Hall–Kier alpha value is -1.66. The van der Waals surface area contributed by atoms with Gasteiger partial charge in [-0.05, 0) is 53.5 Å². The molecule has 2 heterocycles. The third-order valence-electron chi connectivity index (χ3n) is 3.68. The molecule has 110 valence electrons. The van der Waals surface area contributed by atoms with E-state index >= 15 is 0 Å². The molecule has 3 rings (SSSR count). The highest BCUT2D eigenvalue weighted by molar-refractivity contribution is 9.10. The molecule has 1 fully saturated rings. The van der Waals surface area contributed by atoms with Crippen LogP contribution in [0.25, 0.3) is 0 Å². The summed E-state index contributed by atoms with van der Waals surface area (Å²) in [7, 11) is 0. The quantitative estimate of drug-likeness (QED) is 0.892. The number of para-hydroxylation sites is 1. The normalized spacial score (nSPS) is 15.3. The zero-order valence-electron chi connectivity index (χ0n) is 11.6. The van der Waals surface area contributed by atoms with E-state index in [4.69, 9.17) is 0 Å². The molecule has 0 unspecified atom stereocenters. The van der Waals surface area contributed by atoms with E-state index in [0.29, 0.717) is 10.2 Å². The summed E-state index contributed by atoms with van der Waals surface area (Å²) in [5.74, 6) is -0.187. The molecule has 5 nitrogen and oxygen atoms in total. The van der Waals surface area contributed by atoms with Crippen LogP contribution in [-0.4, -0.2) is 34.1 Å². The third-order valence-corrected chi connectivity index (χ3v) is 4.28. The summed E-state index contributed by atoms with van der Waals surface area (Å²) >= 11 is 3.31. The number of hydrogen-bond donors (Lipinski definition) is 2. The first-order chi connectivity index (χ1) is 10.2. The maximum atomic E-state index is 12.3. The molecule has 0 bridgehead atoms. The van der Waals surface area contributed by atoms with Crippen LogP contribution in [0.3, 0.4) is 0 Å². The van der Waals surface area contributed by atoms with E-state index in [1.807, 2.05) is 18.2 Å². The van der Waals surface area contributed by atoms with Crippen molar-refractivity contribution < 1.29 is 4.79 Å². The molecule has 0 atom stereocenters. The molecule has 0 radical (unpaired) electrons. The number of H-pyrrole nitrogens is 1. The molecule has 1 saturated heterocycles. The van der Waals surface area contributed by atoms with E-state index in [0.717, 1.165) is 30.9 Å². The number of amides is 1. The molecular weight excluding hydrogens is 332 g/mol. The number of hydrogen-bond acceptors (Lipinski definition) is 3. The van der Waals surface area contributed by atoms with Gasteiger partial charge in [-0.2, -0.15) is 5.10 Å². The molecule has 2 N–H and O–H groups in total. The van der Waals surface area contributed by atoms with E-state index in [2.05, 4.69) is 42.4 Å². The van der Waals surface area contributed by atoms with Gasteiger partial charge in [-0.25, -0.2) is 0 Å². The molecular formula is C15H17BrN4O. The second kappa shape index (κ2) is 6.41. The Morgan fingerprint density at radius 1 is 1.33 bits per heavy atom. The zero-order valence-corrected chi connectivity index (χ0v) is 13.2. The molecule has 1 aromatic carbocycles. The summed E-state index contributed by atoms with van der Waals surface area (Å²) in [5.41, 5.74) is 2.44. The number of carbonyl (C=O) groups is 1. The first-order valence-electron chi connectivity index (χ1n) is 7.04. The predicted octanol–water partition coefficient (Wildman–Crippen LogP) is 3.02. The molecule has 1 aliphatic rings. The first kappa shape index (κ1) is 14.3. The van der Waals surface area contributed by atoms with Crippen LogP contribution in [0.4, 0.5) is 5.69 Å². The van der Waals surface area contributed by atoms with Gasteiger partial charge in [0.15, 0.2) is 0 Å². The van der Waals surface area contributed by atoms with Crippen molar-refractivity contribution in [3.63, 3.8) is 0 Å². The van der Waals surface area contributed by atoms with Gasteiger partial charge in [-0.1, -0.05) is 18.2 Å². The summed E-state index contributed by atoms with van der Waals surface area (Å²) in [6.45, 7) is 3.14. The van der Waals surface area contributed by atoms with Gasteiger partial charge in [0, 0.05) is 12.2 Å². The van der Waals surface area contributed by atoms with Crippen LogP contribution in [0.1, 0.15) is 28.9 Å². The fraction of sp³-hybridized carbons (Fsp3) is 0.333. The van der Waals surface area contributed by atoms with Crippen LogP contribution in [0, 0.1) is 0 Å². The fourth-order valence-corrected chi connectivity index (χ4v) is 2.95. The zero-order chi connectivity index (χ0) is 14.7. The Kier molecular flexibility index (Phi) is 4.36. The Bertz CT molecular complexity index is 634. The summed E-state index contributed by atoms with van der Waals surface area (Å²) in [6.07, 6.45) is 4.09. The molecule has 1 aromatic heterocycles. The average Bonchev–Trinajstić information content (AvgIpc) is 3.12. The Balaban J connectivity index is 1.75. The Morgan fingerprint density at radius 2 is 2.10 bits per heavy atom. The van der Waals surface area contributed by atoms with Crippen molar-refractivity contribution in [3.8, 4) is 0 Å². The number of benzene rings is 1. The van der Waals surface area contributed by atoms with Crippen molar-refractivity contribution in [2.45, 2.75) is 19.4 Å². The average molecular weight is 349 g/mol. The topological polar surface area (TPSA) is 61.0 Å². The van der Waals surface area contributed by atoms with Crippen molar-refractivity contribution in [1.29, 1.82) is 0 Å². The van der Waals surface area contributed by atoms with Crippen molar-refractivity contribution in [2.24, 2.45) is 0 Å². The van der Waals surface area contributed by atoms with Gasteiger partial charge in [-0.3, -0.25) is 14.8 Å². The minimum absolute atomic E-state index is 0.187. The maximum Gasteiger partial charge on any atom is 0.274 e. The van der Waals surface area contributed by atoms with Gasteiger partial charge in [-0.15, -0.1) is 0 Å². The van der Waals surface area contributed by atoms with E-state index in [1.54, 1.807) is 6.20 Å². The monoisotopic (exact) mass is 348 g/mol. The summed E-state index contributed by atoms with van der Waals surface area (Å²) < 4.78 is 0.664. The van der Waals surface area contributed by atoms with Gasteiger partial charge < -0.3 is 5.32 Å². The van der Waals surface area contributed by atoms with Crippen molar-refractivity contribution in [1.82, 2.24) is 15.1 Å². The lowest BCUT2D eigenvalue weighted by Crippen LogP contribution is -2.20. The smallest absolute Gasteiger partial charge is 0.274 e. The van der Waals surface area contributed by atoms with Gasteiger partial charge >= 0.3 is 0 Å². The minimum Gasteiger partial charge on any atom is -0.320 e. The standard InChI is InChI=1S/C15H17BrN4O/c16-12-9-17-19-14(12)15(21)18-13-6-2-1-5-11(13)10-20-7-3-4-8-20/h1-2,5-6,9H,3-4,7-8,10H2,(H,17,19)(H,18,21). The number of likely N-dealkylation sites (tertiary alicyclic amines) is 1. The third kappa shape index (κ3) is 3.33. The molecule has 0 spiro atoms. The Labute approximate surface area is 131 Å². The largest absolute Gasteiger partial charge is 0.320 e. The number of rotatable bonds is 4. The lowest BCUT2D eigenvalue weighted by atomic mass is 10.1.